The lowest BCUT2D eigenvalue weighted by Crippen LogP contribution is -2.12. The van der Waals surface area contributed by atoms with Crippen LogP contribution in [0.2, 0.25) is 0 Å². The van der Waals surface area contributed by atoms with Gasteiger partial charge in [-0.1, -0.05) is 78.9 Å². The van der Waals surface area contributed by atoms with Gasteiger partial charge < -0.3 is 9.30 Å². The molecule has 0 saturated heterocycles. The molecule has 4 aromatic carbocycles. The summed E-state index contributed by atoms with van der Waals surface area (Å²) < 4.78 is 7.70. The van der Waals surface area contributed by atoms with E-state index in [1.54, 1.807) is 0 Å². The van der Waals surface area contributed by atoms with E-state index in [1.807, 2.05) is 37.3 Å². The van der Waals surface area contributed by atoms with Gasteiger partial charge in [-0.3, -0.25) is 0 Å². The van der Waals surface area contributed by atoms with E-state index in [9.17, 15) is 4.79 Å². The summed E-state index contributed by atoms with van der Waals surface area (Å²) >= 11 is 0. The van der Waals surface area contributed by atoms with Gasteiger partial charge in [0.25, 0.3) is 0 Å². The van der Waals surface area contributed by atoms with E-state index in [-0.39, 0.29) is 12.0 Å². The van der Waals surface area contributed by atoms with E-state index < -0.39 is 0 Å². The third kappa shape index (κ3) is 3.36. The fourth-order valence-electron chi connectivity index (χ4n) is 4.67. The van der Waals surface area contributed by atoms with Crippen LogP contribution in [0.1, 0.15) is 40.0 Å². The number of aryl methyl sites for hydroxylation is 1. The van der Waals surface area contributed by atoms with Crippen LogP contribution in [0.15, 0.2) is 97.2 Å². The molecule has 5 aromatic rings. The Bertz CT molecular complexity index is 1360. The van der Waals surface area contributed by atoms with Crippen LogP contribution in [0.4, 0.5) is 0 Å². The number of rotatable bonds is 5. The van der Waals surface area contributed by atoms with Crippen molar-refractivity contribution in [2.45, 2.75) is 19.9 Å². The molecule has 3 nitrogen and oxygen atoms in total. The molecule has 0 unspecified atom stereocenters. The highest BCUT2D eigenvalue weighted by atomic mass is 16.5. The average Bonchev–Trinajstić information content (AvgIpc) is 3.24. The highest BCUT2D eigenvalue weighted by molar-refractivity contribution is 6.16. The number of aromatic nitrogens is 1. The van der Waals surface area contributed by atoms with Crippen LogP contribution in [-0.4, -0.2) is 17.1 Å². The van der Waals surface area contributed by atoms with Crippen molar-refractivity contribution in [3.05, 3.63) is 119 Å². The van der Waals surface area contributed by atoms with E-state index in [0.29, 0.717) is 12.2 Å². The topological polar surface area (TPSA) is 31.2 Å². The van der Waals surface area contributed by atoms with Gasteiger partial charge in [-0.05, 0) is 53.4 Å². The summed E-state index contributed by atoms with van der Waals surface area (Å²) in [6.45, 7) is 4.29. The van der Waals surface area contributed by atoms with Gasteiger partial charge in [0.2, 0.25) is 0 Å². The van der Waals surface area contributed by atoms with Crippen molar-refractivity contribution < 1.29 is 9.53 Å². The molecular weight excluding hydrogens is 394 g/mol. The lowest BCUT2D eigenvalue weighted by molar-refractivity contribution is 0.0529. The standard InChI is InChI=1S/C29H25NO2/c1-3-32-29(31)25-19-26-24(27-20(2)11-10-16-23(25)27)17-18-30(26)28(21-12-6-4-7-13-21)22-14-8-5-9-15-22/h4-19,28H,3H2,1-2H3. The Hall–Kier alpha value is -3.85. The summed E-state index contributed by atoms with van der Waals surface area (Å²) in [4.78, 5) is 12.9. The maximum Gasteiger partial charge on any atom is 0.338 e. The number of esters is 1. The zero-order valence-electron chi connectivity index (χ0n) is 18.3. The molecule has 0 spiro atoms. The number of hydrogen-bond donors (Lipinski definition) is 0. The Kier molecular flexibility index (Phi) is 5.24. The monoisotopic (exact) mass is 419 g/mol. The van der Waals surface area contributed by atoms with Crippen LogP contribution >= 0.6 is 0 Å². The Labute approximate surface area is 187 Å². The first kappa shape index (κ1) is 20.1. The van der Waals surface area contributed by atoms with E-state index in [4.69, 9.17) is 4.74 Å². The van der Waals surface area contributed by atoms with Crippen molar-refractivity contribution in [2.75, 3.05) is 6.61 Å². The second-order valence-electron chi connectivity index (χ2n) is 8.02. The lowest BCUT2D eigenvalue weighted by atomic mass is 9.96. The van der Waals surface area contributed by atoms with Crippen LogP contribution in [-0.2, 0) is 4.74 Å². The third-order valence-corrected chi connectivity index (χ3v) is 6.07. The van der Waals surface area contributed by atoms with Gasteiger partial charge in [0.15, 0.2) is 0 Å². The molecule has 0 fully saturated rings. The van der Waals surface area contributed by atoms with Crippen molar-refractivity contribution in [3.63, 3.8) is 0 Å². The van der Waals surface area contributed by atoms with Gasteiger partial charge in [-0.15, -0.1) is 0 Å². The molecular formula is C29H25NO2. The van der Waals surface area contributed by atoms with Crippen molar-refractivity contribution in [3.8, 4) is 0 Å². The molecule has 0 atom stereocenters. The quantitative estimate of drug-likeness (QED) is 0.290. The second kappa shape index (κ2) is 8.35. The molecule has 1 heterocycles. The number of fused-ring (bicyclic) bond motifs is 3. The average molecular weight is 420 g/mol. The number of ether oxygens (including phenoxy) is 1. The molecule has 0 radical (unpaired) electrons. The molecule has 32 heavy (non-hydrogen) atoms. The molecule has 1 aromatic heterocycles. The predicted octanol–water partition coefficient (Wildman–Crippen LogP) is 6.92. The highest BCUT2D eigenvalue weighted by Crippen LogP contribution is 2.36. The summed E-state index contributed by atoms with van der Waals surface area (Å²) in [5.74, 6) is -0.284. The van der Waals surface area contributed by atoms with Gasteiger partial charge in [-0.2, -0.15) is 0 Å². The number of nitrogens with zero attached hydrogens (tertiary/aromatic N) is 1. The van der Waals surface area contributed by atoms with Crippen LogP contribution in [0, 0.1) is 6.92 Å². The zero-order chi connectivity index (χ0) is 22.1. The zero-order valence-corrected chi connectivity index (χ0v) is 18.3. The second-order valence-corrected chi connectivity index (χ2v) is 8.02. The number of benzene rings is 4. The van der Waals surface area contributed by atoms with Gasteiger partial charge in [0, 0.05) is 11.6 Å². The smallest absolute Gasteiger partial charge is 0.338 e. The maximum atomic E-state index is 12.9. The minimum atomic E-state index is -0.284. The molecule has 5 rings (SSSR count). The predicted molar refractivity (Wildman–Crippen MR) is 130 cm³/mol. The third-order valence-electron chi connectivity index (χ3n) is 6.07. The SMILES string of the molecule is CCOC(=O)c1cc2c(ccn2C(c2ccccc2)c2ccccc2)c2c(C)cccc12. The molecule has 0 N–H and O–H groups in total. The fraction of sp³-hybridized carbons (Fsp3) is 0.138. The van der Waals surface area contributed by atoms with E-state index >= 15 is 0 Å². The van der Waals surface area contributed by atoms with Crippen molar-refractivity contribution >= 4 is 27.6 Å². The molecule has 0 aliphatic carbocycles. The van der Waals surface area contributed by atoms with Crippen LogP contribution < -0.4 is 0 Å². The molecule has 0 bridgehead atoms. The molecule has 0 aliphatic rings. The Balaban J connectivity index is 1.84. The molecule has 158 valence electrons. The number of hydrogen-bond acceptors (Lipinski definition) is 2. The normalized spacial score (nSPS) is 11.3. The summed E-state index contributed by atoms with van der Waals surface area (Å²) in [5, 5.41) is 3.18. The van der Waals surface area contributed by atoms with Crippen molar-refractivity contribution in [1.29, 1.82) is 0 Å². The number of carbonyl (C=O) groups is 1. The van der Waals surface area contributed by atoms with E-state index in [0.717, 1.165) is 27.2 Å². The van der Waals surface area contributed by atoms with E-state index in [2.05, 4.69) is 78.4 Å². The van der Waals surface area contributed by atoms with Crippen molar-refractivity contribution in [2.24, 2.45) is 0 Å². The Morgan fingerprint density at radius 2 is 1.50 bits per heavy atom. The van der Waals surface area contributed by atoms with Crippen molar-refractivity contribution in [1.82, 2.24) is 4.57 Å². The largest absolute Gasteiger partial charge is 0.462 e. The van der Waals surface area contributed by atoms with Crippen LogP contribution in [0.25, 0.3) is 21.7 Å². The lowest BCUT2D eigenvalue weighted by Gasteiger charge is -2.22. The molecule has 3 heteroatoms. The first-order valence-corrected chi connectivity index (χ1v) is 11.0. The summed E-state index contributed by atoms with van der Waals surface area (Å²) in [7, 11) is 0. The van der Waals surface area contributed by atoms with Gasteiger partial charge in [0.1, 0.15) is 0 Å². The van der Waals surface area contributed by atoms with Gasteiger partial charge >= 0.3 is 5.97 Å². The molecule has 0 aliphatic heterocycles. The minimum Gasteiger partial charge on any atom is -0.462 e. The maximum absolute atomic E-state index is 12.9. The Morgan fingerprint density at radius 1 is 0.844 bits per heavy atom. The van der Waals surface area contributed by atoms with Crippen LogP contribution in [0.3, 0.4) is 0 Å². The van der Waals surface area contributed by atoms with Crippen LogP contribution in [0.5, 0.6) is 0 Å². The first-order chi connectivity index (χ1) is 15.7. The summed E-state index contributed by atoms with van der Waals surface area (Å²) in [6, 6.07) is 31.2. The number of carbonyl (C=O) groups excluding carboxylic acids is 1. The van der Waals surface area contributed by atoms with Gasteiger partial charge in [0.05, 0.1) is 23.7 Å². The first-order valence-electron chi connectivity index (χ1n) is 11.0. The minimum absolute atomic E-state index is 0.00795. The molecule has 0 amide bonds. The van der Waals surface area contributed by atoms with Gasteiger partial charge in [-0.25, -0.2) is 4.79 Å². The van der Waals surface area contributed by atoms with E-state index in [1.165, 1.54) is 11.1 Å². The summed E-state index contributed by atoms with van der Waals surface area (Å²) in [6.07, 6.45) is 2.14. The highest BCUT2D eigenvalue weighted by Gasteiger charge is 2.22. The summed E-state index contributed by atoms with van der Waals surface area (Å²) in [5.41, 5.74) is 5.16. The molecule has 0 saturated carbocycles. The fourth-order valence-corrected chi connectivity index (χ4v) is 4.67. The Morgan fingerprint density at radius 3 is 2.12 bits per heavy atom.